The number of hydrogen-bond donors (Lipinski definition) is 1. The molecule has 0 unspecified atom stereocenters. The third-order valence-electron chi connectivity index (χ3n) is 3.60. The smallest absolute Gasteiger partial charge is 0.408 e. The molecule has 6 heteroatoms. The minimum Gasteiger partial charge on any atom is -0.444 e. The molecule has 0 saturated carbocycles. The monoisotopic (exact) mass is 364 g/mol. The molecular weight excluding hydrogens is 343 g/mol. The zero-order valence-electron chi connectivity index (χ0n) is 15.0. The lowest BCUT2D eigenvalue weighted by molar-refractivity contribution is 0.0508. The van der Waals surface area contributed by atoms with Crippen LogP contribution in [0.15, 0.2) is 30.5 Å². The zero-order chi connectivity index (χ0) is 18.8. The SMILES string of the molecule is Cc1cc(-c2cc(Cl)ncc2F)ccc1[C@@H](C)NC(=O)OC(C)(C)C. The number of nitrogens with zero attached hydrogens (tertiary/aromatic N) is 1. The molecule has 0 radical (unpaired) electrons. The van der Waals surface area contributed by atoms with E-state index in [1.165, 1.54) is 6.07 Å². The number of ether oxygens (including phenoxy) is 1. The normalized spacial score (nSPS) is 12.6. The number of nitrogens with one attached hydrogen (secondary N) is 1. The number of aromatic nitrogens is 1. The Labute approximate surface area is 152 Å². The van der Waals surface area contributed by atoms with E-state index in [0.717, 1.165) is 17.3 Å². The third-order valence-corrected chi connectivity index (χ3v) is 3.81. The predicted octanol–water partition coefficient (Wildman–Crippen LogP) is 5.44. The molecule has 0 aliphatic carbocycles. The Morgan fingerprint density at radius 1 is 1.32 bits per heavy atom. The quantitative estimate of drug-likeness (QED) is 0.738. The molecule has 1 N–H and O–H groups in total. The Balaban J connectivity index is 2.22. The van der Waals surface area contributed by atoms with Crippen LogP contribution in [-0.2, 0) is 4.74 Å². The standard InChI is InChI=1S/C19H22ClFN2O2/c1-11-8-13(15-9-17(20)22-10-16(15)21)6-7-14(11)12(2)23-18(24)25-19(3,4)5/h6-10,12H,1-5H3,(H,23,24)/t12-/m1/s1. The third kappa shape index (κ3) is 5.16. The second-order valence-corrected chi connectivity index (χ2v) is 7.31. The number of halogens is 2. The van der Waals surface area contributed by atoms with Crippen molar-refractivity contribution in [3.8, 4) is 11.1 Å². The van der Waals surface area contributed by atoms with Crippen molar-refractivity contribution in [3.05, 3.63) is 52.6 Å². The van der Waals surface area contributed by atoms with Crippen LogP contribution in [0.1, 0.15) is 44.9 Å². The maximum absolute atomic E-state index is 14.0. The van der Waals surface area contributed by atoms with Crippen LogP contribution >= 0.6 is 11.6 Å². The summed E-state index contributed by atoms with van der Waals surface area (Å²) in [7, 11) is 0. The van der Waals surface area contributed by atoms with Gasteiger partial charge in [-0.2, -0.15) is 0 Å². The van der Waals surface area contributed by atoms with Crippen LogP contribution in [-0.4, -0.2) is 16.7 Å². The molecular formula is C19H22ClFN2O2. The van der Waals surface area contributed by atoms with E-state index in [-0.39, 0.29) is 11.2 Å². The fraction of sp³-hybridized carbons (Fsp3) is 0.368. The number of hydrogen-bond acceptors (Lipinski definition) is 3. The average molecular weight is 365 g/mol. The summed E-state index contributed by atoms with van der Waals surface area (Å²) in [5.41, 5.74) is 2.39. The molecule has 25 heavy (non-hydrogen) atoms. The largest absolute Gasteiger partial charge is 0.444 e. The van der Waals surface area contributed by atoms with Gasteiger partial charge < -0.3 is 10.1 Å². The van der Waals surface area contributed by atoms with Gasteiger partial charge in [0.15, 0.2) is 0 Å². The highest BCUT2D eigenvalue weighted by Gasteiger charge is 2.19. The lowest BCUT2D eigenvalue weighted by Crippen LogP contribution is -2.34. The van der Waals surface area contributed by atoms with Gasteiger partial charge in [0.1, 0.15) is 16.6 Å². The van der Waals surface area contributed by atoms with Gasteiger partial charge in [-0.05, 0) is 57.4 Å². The molecule has 0 aliphatic heterocycles. The van der Waals surface area contributed by atoms with Gasteiger partial charge >= 0.3 is 6.09 Å². The first kappa shape index (κ1) is 19.2. The Bertz CT molecular complexity index is 787. The minimum absolute atomic E-state index is 0.234. The maximum Gasteiger partial charge on any atom is 0.408 e. The van der Waals surface area contributed by atoms with E-state index in [1.54, 1.807) is 6.07 Å². The van der Waals surface area contributed by atoms with Crippen molar-refractivity contribution in [3.63, 3.8) is 0 Å². The van der Waals surface area contributed by atoms with Gasteiger partial charge in [-0.1, -0.05) is 29.8 Å². The van der Waals surface area contributed by atoms with Crippen LogP contribution in [0.3, 0.4) is 0 Å². The molecule has 0 saturated heterocycles. The summed E-state index contributed by atoms with van der Waals surface area (Å²) in [4.78, 5) is 15.6. The summed E-state index contributed by atoms with van der Waals surface area (Å²) >= 11 is 5.86. The summed E-state index contributed by atoms with van der Waals surface area (Å²) in [5.74, 6) is -0.434. The number of benzene rings is 1. The first-order valence-electron chi connectivity index (χ1n) is 7.98. The molecule has 1 atom stereocenters. The topological polar surface area (TPSA) is 51.2 Å². The predicted molar refractivity (Wildman–Crippen MR) is 97.2 cm³/mol. The van der Waals surface area contributed by atoms with Crippen molar-refractivity contribution in [2.45, 2.75) is 46.3 Å². The van der Waals surface area contributed by atoms with E-state index < -0.39 is 17.5 Å². The summed E-state index contributed by atoms with van der Waals surface area (Å²) in [6.45, 7) is 9.21. The van der Waals surface area contributed by atoms with E-state index in [2.05, 4.69) is 10.3 Å². The average Bonchev–Trinajstić information content (AvgIpc) is 2.47. The first-order valence-corrected chi connectivity index (χ1v) is 8.36. The van der Waals surface area contributed by atoms with Crippen molar-refractivity contribution in [1.29, 1.82) is 0 Å². The molecule has 1 heterocycles. The summed E-state index contributed by atoms with van der Waals surface area (Å²) in [6, 6.07) is 6.77. The van der Waals surface area contributed by atoms with Crippen LogP contribution in [0.4, 0.5) is 9.18 Å². The Morgan fingerprint density at radius 2 is 2.00 bits per heavy atom. The van der Waals surface area contributed by atoms with Crippen molar-refractivity contribution in [2.24, 2.45) is 0 Å². The van der Waals surface area contributed by atoms with Gasteiger partial charge in [0.25, 0.3) is 0 Å². The fourth-order valence-corrected chi connectivity index (χ4v) is 2.68. The molecule has 0 bridgehead atoms. The van der Waals surface area contributed by atoms with Crippen molar-refractivity contribution in [1.82, 2.24) is 10.3 Å². The molecule has 134 valence electrons. The molecule has 4 nitrogen and oxygen atoms in total. The summed E-state index contributed by atoms with van der Waals surface area (Å²) in [5, 5.41) is 3.04. The Morgan fingerprint density at radius 3 is 2.60 bits per heavy atom. The van der Waals surface area contributed by atoms with Crippen molar-refractivity contribution >= 4 is 17.7 Å². The van der Waals surface area contributed by atoms with Crippen LogP contribution < -0.4 is 5.32 Å². The van der Waals surface area contributed by atoms with Gasteiger partial charge in [0, 0.05) is 5.56 Å². The highest BCUT2D eigenvalue weighted by atomic mass is 35.5. The number of carbonyl (C=O) groups is 1. The molecule has 1 aromatic heterocycles. The lowest BCUT2D eigenvalue weighted by atomic mass is 9.97. The molecule has 0 aliphatic rings. The van der Waals surface area contributed by atoms with Gasteiger partial charge in [-0.25, -0.2) is 14.2 Å². The second kappa shape index (κ2) is 7.40. The molecule has 2 rings (SSSR count). The van der Waals surface area contributed by atoms with E-state index in [0.29, 0.717) is 11.1 Å². The summed E-state index contributed by atoms with van der Waals surface area (Å²) in [6.07, 6.45) is 0.628. The highest BCUT2D eigenvalue weighted by Crippen LogP contribution is 2.28. The van der Waals surface area contributed by atoms with Crippen LogP contribution in [0.2, 0.25) is 5.15 Å². The fourth-order valence-electron chi connectivity index (χ4n) is 2.53. The van der Waals surface area contributed by atoms with Crippen LogP contribution in [0.5, 0.6) is 0 Å². The van der Waals surface area contributed by atoms with Crippen LogP contribution in [0, 0.1) is 12.7 Å². The number of amides is 1. The van der Waals surface area contributed by atoms with E-state index in [4.69, 9.17) is 16.3 Å². The van der Waals surface area contributed by atoms with Gasteiger partial charge in [0.2, 0.25) is 0 Å². The number of aryl methyl sites for hydroxylation is 1. The first-order chi connectivity index (χ1) is 11.6. The summed E-state index contributed by atoms with van der Waals surface area (Å²) < 4.78 is 19.3. The van der Waals surface area contributed by atoms with Crippen molar-refractivity contribution in [2.75, 3.05) is 0 Å². The number of pyridine rings is 1. The highest BCUT2D eigenvalue weighted by molar-refractivity contribution is 6.29. The molecule has 2 aromatic rings. The van der Waals surface area contributed by atoms with Gasteiger partial charge in [-0.3, -0.25) is 0 Å². The van der Waals surface area contributed by atoms with E-state index >= 15 is 0 Å². The van der Waals surface area contributed by atoms with Crippen LogP contribution in [0.25, 0.3) is 11.1 Å². The molecule has 1 aromatic carbocycles. The molecule has 0 spiro atoms. The van der Waals surface area contributed by atoms with Gasteiger partial charge in [0.05, 0.1) is 12.2 Å². The number of carbonyl (C=O) groups excluding carboxylic acids is 1. The van der Waals surface area contributed by atoms with E-state index in [9.17, 15) is 9.18 Å². The zero-order valence-corrected chi connectivity index (χ0v) is 15.7. The van der Waals surface area contributed by atoms with Gasteiger partial charge in [-0.15, -0.1) is 0 Å². The Kier molecular flexibility index (Phi) is 5.68. The van der Waals surface area contributed by atoms with E-state index in [1.807, 2.05) is 46.8 Å². The minimum atomic E-state index is -0.555. The van der Waals surface area contributed by atoms with Crippen molar-refractivity contribution < 1.29 is 13.9 Å². The number of rotatable bonds is 3. The lowest BCUT2D eigenvalue weighted by Gasteiger charge is -2.23. The maximum atomic E-state index is 14.0. The second-order valence-electron chi connectivity index (χ2n) is 6.93. The Hall–Kier alpha value is -2.14. The number of alkyl carbamates (subject to hydrolysis) is 1. The molecule has 0 fully saturated rings. The molecule has 1 amide bonds.